The van der Waals surface area contributed by atoms with Gasteiger partial charge in [0.2, 0.25) is 12.1 Å². The van der Waals surface area contributed by atoms with E-state index in [0.29, 0.717) is 0 Å². The number of ether oxygens (including phenoxy) is 5. The van der Waals surface area contributed by atoms with Crippen LogP contribution >= 0.6 is 0 Å². The zero-order valence-electron chi connectivity index (χ0n) is 18.1. The number of hydrogen-bond donors (Lipinski definition) is 0. The predicted molar refractivity (Wildman–Crippen MR) is 120 cm³/mol. The first-order chi connectivity index (χ1) is 16.3. The van der Waals surface area contributed by atoms with Crippen LogP contribution in [0.2, 0.25) is 0 Å². The average Bonchev–Trinajstić information content (AvgIpc) is 2.88. The number of hydrogen-bond acceptors (Lipinski definition) is 6. The summed E-state index contributed by atoms with van der Waals surface area (Å²) in [5, 5.41) is 0. The largest absolute Gasteiger partial charge is 0.363 e. The van der Waals surface area contributed by atoms with Gasteiger partial charge in [0, 0.05) is 5.56 Å². The minimum Gasteiger partial charge on any atom is -0.363 e. The van der Waals surface area contributed by atoms with Gasteiger partial charge in [-0.1, -0.05) is 91.0 Å². The van der Waals surface area contributed by atoms with Crippen molar-refractivity contribution >= 4 is 5.78 Å². The molecule has 0 N–H and O–H groups in total. The molecule has 2 fully saturated rings. The van der Waals surface area contributed by atoms with Gasteiger partial charge < -0.3 is 23.7 Å². The van der Waals surface area contributed by atoms with E-state index in [2.05, 4.69) is 0 Å². The lowest BCUT2D eigenvalue weighted by atomic mass is 9.98. The molecule has 0 radical (unpaired) electrons. The standard InChI is InChI=1S/C27H26O6/c28-23-25(29-16-19-10-4-1-5-11-19)24-22(18-31-26(33-24)21-14-8-3-9-15-21)32-27(23)30-17-20-12-6-2-7-13-20/h1-15,22,24-27H,16-18H2/t22-,24-,25-,26?,27+/m1/s1. The Morgan fingerprint density at radius 3 is 1.94 bits per heavy atom. The van der Waals surface area contributed by atoms with Gasteiger partial charge in [-0.2, -0.15) is 0 Å². The topological polar surface area (TPSA) is 63.2 Å². The van der Waals surface area contributed by atoms with Crippen LogP contribution in [0.4, 0.5) is 0 Å². The third-order valence-electron chi connectivity index (χ3n) is 5.76. The minimum atomic E-state index is -1.05. The molecule has 0 saturated carbocycles. The third kappa shape index (κ3) is 5.21. The molecule has 0 aromatic heterocycles. The van der Waals surface area contributed by atoms with E-state index >= 15 is 0 Å². The lowest BCUT2D eigenvalue weighted by molar-refractivity contribution is -0.324. The quantitative estimate of drug-likeness (QED) is 0.542. The van der Waals surface area contributed by atoms with Gasteiger partial charge in [-0.3, -0.25) is 4.79 Å². The highest BCUT2D eigenvalue weighted by Gasteiger charge is 2.50. The van der Waals surface area contributed by atoms with Crippen molar-refractivity contribution in [1.82, 2.24) is 0 Å². The molecule has 5 atom stereocenters. The van der Waals surface area contributed by atoms with E-state index in [1.807, 2.05) is 91.0 Å². The highest BCUT2D eigenvalue weighted by molar-refractivity contribution is 5.87. The van der Waals surface area contributed by atoms with Gasteiger partial charge in [-0.15, -0.1) is 0 Å². The summed E-state index contributed by atoms with van der Waals surface area (Å²) in [4.78, 5) is 13.4. The monoisotopic (exact) mass is 446 g/mol. The molecule has 2 heterocycles. The highest BCUT2D eigenvalue weighted by atomic mass is 16.8. The number of Topliss-reactive ketones (excluding diaryl/α,β-unsaturated/α-hetero) is 1. The molecule has 2 aliphatic rings. The lowest BCUT2D eigenvalue weighted by Crippen LogP contribution is -2.61. The minimum absolute atomic E-state index is 0.258. The Balaban J connectivity index is 1.33. The second-order valence-corrected chi connectivity index (χ2v) is 8.10. The predicted octanol–water partition coefficient (Wildman–Crippen LogP) is 4.20. The van der Waals surface area contributed by atoms with Crippen LogP contribution in [0.15, 0.2) is 91.0 Å². The summed E-state index contributed by atoms with van der Waals surface area (Å²) in [5.74, 6) is -0.281. The van der Waals surface area contributed by atoms with E-state index < -0.39 is 30.9 Å². The van der Waals surface area contributed by atoms with Crippen LogP contribution in [0.1, 0.15) is 23.0 Å². The molecular formula is C27H26O6. The van der Waals surface area contributed by atoms with E-state index in [1.165, 1.54) is 0 Å². The zero-order valence-corrected chi connectivity index (χ0v) is 18.1. The SMILES string of the molecule is O=C1[C@@H](OCc2ccccc2)O[C@@H]2COC(c3ccccc3)O[C@H]2[C@@H]1OCc1ccccc1. The normalized spacial score (nSPS) is 27.2. The van der Waals surface area contributed by atoms with Crippen molar-refractivity contribution in [1.29, 1.82) is 0 Å². The maximum Gasteiger partial charge on any atom is 0.221 e. The molecule has 0 spiro atoms. The number of ketones is 1. The first-order valence-electron chi connectivity index (χ1n) is 11.1. The molecule has 3 aromatic rings. The van der Waals surface area contributed by atoms with Gasteiger partial charge in [0.1, 0.15) is 12.2 Å². The molecule has 170 valence electrons. The molecule has 3 aromatic carbocycles. The summed E-state index contributed by atoms with van der Waals surface area (Å²) in [6, 6.07) is 29.1. The van der Waals surface area contributed by atoms with Gasteiger partial charge in [0.05, 0.1) is 19.8 Å². The van der Waals surface area contributed by atoms with Crippen LogP contribution in [-0.4, -0.2) is 37.0 Å². The Bertz CT molecular complexity index is 1030. The fourth-order valence-corrected chi connectivity index (χ4v) is 4.04. The first kappa shape index (κ1) is 21.9. The van der Waals surface area contributed by atoms with Crippen LogP contribution in [0.3, 0.4) is 0 Å². The Morgan fingerprint density at radius 2 is 1.30 bits per heavy atom. The molecule has 0 bridgehead atoms. The third-order valence-corrected chi connectivity index (χ3v) is 5.76. The van der Waals surface area contributed by atoms with Gasteiger partial charge in [0.25, 0.3) is 0 Å². The summed E-state index contributed by atoms with van der Waals surface area (Å²) in [7, 11) is 0. The summed E-state index contributed by atoms with van der Waals surface area (Å²) in [6.07, 6.45) is -3.55. The fourth-order valence-electron chi connectivity index (χ4n) is 4.04. The number of carbonyl (C=O) groups excluding carboxylic acids is 1. The summed E-state index contributed by atoms with van der Waals surface area (Å²) in [6.45, 7) is 0.814. The van der Waals surface area contributed by atoms with Crippen molar-refractivity contribution in [3.8, 4) is 0 Å². The van der Waals surface area contributed by atoms with Crippen molar-refractivity contribution in [3.63, 3.8) is 0 Å². The molecule has 5 rings (SSSR count). The summed E-state index contributed by atoms with van der Waals surface area (Å²) in [5.41, 5.74) is 2.81. The summed E-state index contributed by atoms with van der Waals surface area (Å²) >= 11 is 0. The van der Waals surface area contributed by atoms with Gasteiger partial charge in [0.15, 0.2) is 12.4 Å². The molecule has 2 aliphatic heterocycles. The average molecular weight is 446 g/mol. The summed E-state index contributed by atoms with van der Waals surface area (Å²) < 4.78 is 30.1. The van der Waals surface area contributed by atoms with Crippen LogP contribution in [-0.2, 0) is 41.7 Å². The first-order valence-corrected chi connectivity index (χ1v) is 11.1. The molecule has 2 saturated heterocycles. The Kier molecular flexibility index (Phi) is 6.90. The van der Waals surface area contributed by atoms with E-state index in [1.54, 1.807) is 0 Å². The molecule has 33 heavy (non-hydrogen) atoms. The highest BCUT2D eigenvalue weighted by Crippen LogP contribution is 2.34. The van der Waals surface area contributed by atoms with Gasteiger partial charge in [-0.05, 0) is 11.1 Å². The Hall–Kier alpha value is -2.87. The van der Waals surface area contributed by atoms with Gasteiger partial charge in [-0.25, -0.2) is 0 Å². The van der Waals surface area contributed by atoms with Crippen LogP contribution in [0, 0.1) is 0 Å². The molecule has 6 nitrogen and oxygen atoms in total. The Morgan fingerprint density at radius 1 is 0.727 bits per heavy atom. The smallest absolute Gasteiger partial charge is 0.221 e. The molecule has 0 aliphatic carbocycles. The van der Waals surface area contributed by atoms with E-state index in [-0.39, 0.29) is 25.6 Å². The van der Waals surface area contributed by atoms with Crippen molar-refractivity contribution < 1.29 is 28.5 Å². The lowest BCUT2D eigenvalue weighted by Gasteiger charge is -2.44. The number of carbonyl (C=O) groups is 1. The number of fused-ring (bicyclic) bond motifs is 1. The van der Waals surface area contributed by atoms with Crippen LogP contribution in [0.25, 0.3) is 0 Å². The van der Waals surface area contributed by atoms with Crippen molar-refractivity contribution in [2.24, 2.45) is 0 Å². The van der Waals surface area contributed by atoms with Crippen LogP contribution < -0.4 is 0 Å². The zero-order chi connectivity index (χ0) is 22.5. The maximum atomic E-state index is 13.4. The van der Waals surface area contributed by atoms with Crippen molar-refractivity contribution in [2.45, 2.75) is 44.1 Å². The van der Waals surface area contributed by atoms with E-state index in [4.69, 9.17) is 23.7 Å². The number of rotatable bonds is 7. The molecular weight excluding hydrogens is 420 g/mol. The second-order valence-electron chi connectivity index (χ2n) is 8.10. The van der Waals surface area contributed by atoms with Crippen molar-refractivity contribution in [3.05, 3.63) is 108 Å². The molecule has 1 unspecified atom stereocenters. The molecule has 6 heteroatoms. The Labute approximate surface area is 193 Å². The molecule has 0 amide bonds. The van der Waals surface area contributed by atoms with E-state index in [9.17, 15) is 4.79 Å². The van der Waals surface area contributed by atoms with E-state index in [0.717, 1.165) is 16.7 Å². The van der Waals surface area contributed by atoms with Crippen LogP contribution in [0.5, 0.6) is 0 Å². The fraction of sp³-hybridized carbons (Fsp3) is 0.296. The second kappa shape index (κ2) is 10.4. The van der Waals surface area contributed by atoms with Crippen molar-refractivity contribution in [2.75, 3.05) is 6.61 Å². The number of benzene rings is 3. The van der Waals surface area contributed by atoms with Gasteiger partial charge >= 0.3 is 0 Å². The maximum absolute atomic E-state index is 13.4.